The van der Waals surface area contributed by atoms with Gasteiger partial charge < -0.3 is 14.2 Å². The Kier molecular flexibility index (Phi) is 7.79. The van der Waals surface area contributed by atoms with Crippen LogP contribution in [0.25, 0.3) is 6.08 Å². The van der Waals surface area contributed by atoms with Crippen LogP contribution in [0.4, 0.5) is 5.82 Å². The predicted molar refractivity (Wildman–Crippen MR) is 142 cm³/mol. The number of anilines is 1. The first-order chi connectivity index (χ1) is 16.9. The Morgan fingerprint density at radius 3 is 2.57 bits per heavy atom. The third-order valence-electron chi connectivity index (χ3n) is 6.46. The molecule has 184 valence electrons. The van der Waals surface area contributed by atoms with Crippen molar-refractivity contribution in [3.63, 3.8) is 0 Å². The predicted octanol–water partition coefficient (Wildman–Crippen LogP) is 3.57. The first kappa shape index (κ1) is 25.2. The lowest BCUT2D eigenvalue weighted by molar-refractivity contribution is -0.122. The number of rotatable bonds is 7. The number of amides is 1. The molecule has 0 unspecified atom stereocenters. The van der Waals surface area contributed by atoms with E-state index in [1.807, 2.05) is 13.0 Å². The molecule has 2 fully saturated rings. The van der Waals surface area contributed by atoms with Crippen LogP contribution in [0.1, 0.15) is 42.7 Å². The highest BCUT2D eigenvalue weighted by molar-refractivity contribution is 8.26. The average Bonchev–Trinajstić information content (AvgIpc) is 3.47. The summed E-state index contributed by atoms with van der Waals surface area (Å²) >= 11 is 6.73. The van der Waals surface area contributed by atoms with E-state index >= 15 is 0 Å². The van der Waals surface area contributed by atoms with Gasteiger partial charge >= 0.3 is 0 Å². The molecule has 2 aliphatic heterocycles. The molecule has 0 atom stereocenters. The highest BCUT2D eigenvalue weighted by atomic mass is 32.2. The van der Waals surface area contributed by atoms with Crippen LogP contribution < -0.4 is 10.5 Å². The van der Waals surface area contributed by atoms with E-state index < -0.39 is 0 Å². The van der Waals surface area contributed by atoms with Crippen molar-refractivity contribution in [3.05, 3.63) is 56.1 Å². The average molecular weight is 512 g/mol. The second-order valence-electron chi connectivity index (χ2n) is 8.57. The zero-order valence-corrected chi connectivity index (χ0v) is 21.9. The SMILES string of the molecule is CCCn1c(N2CCN(CC)CC2)c(/C=C2/SC(=S)N(Cc3ccco3)C2=O)c(C)c(C#N)c1=O. The van der Waals surface area contributed by atoms with Gasteiger partial charge in [-0.15, -0.1) is 0 Å². The van der Waals surface area contributed by atoms with Gasteiger partial charge in [-0.25, -0.2) is 0 Å². The Morgan fingerprint density at radius 2 is 1.97 bits per heavy atom. The first-order valence-corrected chi connectivity index (χ1v) is 13.0. The maximum Gasteiger partial charge on any atom is 0.270 e. The van der Waals surface area contributed by atoms with Crippen molar-refractivity contribution < 1.29 is 9.21 Å². The molecule has 0 aromatic carbocycles. The molecule has 4 rings (SSSR count). The number of thioether (sulfide) groups is 1. The summed E-state index contributed by atoms with van der Waals surface area (Å²) in [6.07, 6.45) is 4.13. The Morgan fingerprint density at radius 1 is 1.23 bits per heavy atom. The minimum atomic E-state index is -0.276. The standard InChI is InChI=1S/C25H29N5O3S2/c1-4-8-29-22(28-11-9-27(5-2)10-12-28)19(17(3)20(15-26)23(29)31)14-21-24(32)30(25(34)35-21)16-18-7-6-13-33-18/h6-7,13-14H,4-5,8-12,16H2,1-3H3/b21-14+. The minimum Gasteiger partial charge on any atom is -0.467 e. The smallest absolute Gasteiger partial charge is 0.270 e. The number of hydrogen-bond acceptors (Lipinski definition) is 8. The van der Waals surface area contributed by atoms with Crippen molar-refractivity contribution in [2.24, 2.45) is 0 Å². The van der Waals surface area contributed by atoms with E-state index in [1.54, 1.807) is 29.9 Å². The lowest BCUT2D eigenvalue weighted by atomic mass is 10.0. The molecule has 2 aromatic heterocycles. The number of pyridine rings is 1. The van der Waals surface area contributed by atoms with Crippen molar-refractivity contribution in [2.45, 2.75) is 40.3 Å². The molecular formula is C25H29N5O3S2. The van der Waals surface area contributed by atoms with Crippen LogP contribution in [-0.2, 0) is 17.9 Å². The van der Waals surface area contributed by atoms with Crippen molar-refractivity contribution >= 4 is 46.1 Å². The molecule has 4 heterocycles. The molecule has 0 bridgehead atoms. The van der Waals surface area contributed by atoms with Crippen LogP contribution in [0.3, 0.4) is 0 Å². The summed E-state index contributed by atoms with van der Waals surface area (Å²) in [7, 11) is 0. The largest absolute Gasteiger partial charge is 0.467 e. The molecule has 0 N–H and O–H groups in total. The van der Waals surface area contributed by atoms with Crippen LogP contribution in [0.15, 0.2) is 32.5 Å². The summed E-state index contributed by atoms with van der Waals surface area (Å²) in [5.74, 6) is 1.22. The fourth-order valence-corrected chi connectivity index (χ4v) is 5.75. The monoisotopic (exact) mass is 511 g/mol. The maximum atomic E-state index is 13.3. The maximum absolute atomic E-state index is 13.3. The second-order valence-corrected chi connectivity index (χ2v) is 10.3. The number of carbonyl (C=O) groups excluding carboxylic acids is 1. The summed E-state index contributed by atoms with van der Waals surface area (Å²) < 4.78 is 7.57. The number of likely N-dealkylation sites (N-methyl/N-ethyl adjacent to an activating group) is 1. The third kappa shape index (κ3) is 4.94. The molecule has 1 amide bonds. The van der Waals surface area contributed by atoms with Gasteiger partial charge in [0.15, 0.2) is 0 Å². The Hall–Kier alpha value is -2.87. The number of carbonyl (C=O) groups is 1. The van der Waals surface area contributed by atoms with E-state index in [9.17, 15) is 14.9 Å². The third-order valence-corrected chi connectivity index (χ3v) is 7.83. The van der Waals surface area contributed by atoms with Crippen LogP contribution in [0.5, 0.6) is 0 Å². The Bertz CT molecular complexity index is 1250. The molecule has 0 aliphatic carbocycles. The highest BCUT2D eigenvalue weighted by Gasteiger charge is 2.34. The number of nitriles is 1. The van der Waals surface area contributed by atoms with Gasteiger partial charge in [-0.3, -0.25) is 19.1 Å². The molecule has 2 aliphatic rings. The number of hydrogen-bond donors (Lipinski definition) is 0. The Labute approximate surface area is 214 Å². The summed E-state index contributed by atoms with van der Waals surface area (Å²) in [5.41, 5.74) is 1.17. The van der Waals surface area contributed by atoms with Crippen molar-refractivity contribution in [1.82, 2.24) is 14.4 Å². The van der Waals surface area contributed by atoms with Gasteiger partial charge in [0.25, 0.3) is 11.5 Å². The van der Waals surface area contributed by atoms with Crippen LogP contribution in [-0.4, -0.2) is 57.3 Å². The molecule has 0 saturated carbocycles. The molecule has 35 heavy (non-hydrogen) atoms. The molecule has 10 heteroatoms. The van der Waals surface area contributed by atoms with Crippen molar-refractivity contribution in [2.75, 3.05) is 37.6 Å². The zero-order valence-electron chi connectivity index (χ0n) is 20.2. The van der Waals surface area contributed by atoms with Gasteiger partial charge in [0.2, 0.25) is 0 Å². The summed E-state index contributed by atoms with van der Waals surface area (Å²) in [5, 5.41) is 9.81. The number of aromatic nitrogens is 1. The van der Waals surface area contributed by atoms with Crippen LogP contribution in [0.2, 0.25) is 0 Å². The number of nitrogens with zero attached hydrogens (tertiary/aromatic N) is 5. The highest BCUT2D eigenvalue weighted by Crippen LogP contribution is 2.36. The number of furan rings is 1. The van der Waals surface area contributed by atoms with Crippen molar-refractivity contribution in [3.8, 4) is 6.07 Å². The minimum absolute atomic E-state index is 0.117. The normalized spacial score (nSPS) is 18.1. The summed E-state index contributed by atoms with van der Waals surface area (Å²) in [6, 6.07) is 5.68. The van der Waals surface area contributed by atoms with E-state index in [1.165, 1.54) is 16.7 Å². The topological polar surface area (TPSA) is 85.7 Å². The molecule has 2 aromatic rings. The van der Waals surface area contributed by atoms with E-state index in [0.29, 0.717) is 27.1 Å². The fraction of sp³-hybridized carbons (Fsp3) is 0.440. The van der Waals surface area contributed by atoms with Crippen LogP contribution in [0, 0.1) is 18.3 Å². The van der Waals surface area contributed by atoms with E-state index in [-0.39, 0.29) is 23.6 Å². The van der Waals surface area contributed by atoms with E-state index in [4.69, 9.17) is 16.6 Å². The molecule has 8 nitrogen and oxygen atoms in total. The zero-order chi connectivity index (χ0) is 25.1. The van der Waals surface area contributed by atoms with E-state index in [0.717, 1.165) is 50.5 Å². The van der Waals surface area contributed by atoms with Gasteiger partial charge in [0, 0.05) is 38.3 Å². The molecular weight excluding hydrogens is 482 g/mol. The fourth-order valence-electron chi connectivity index (χ4n) is 4.52. The number of piperazine rings is 1. The van der Waals surface area contributed by atoms with E-state index in [2.05, 4.69) is 22.8 Å². The van der Waals surface area contributed by atoms with Crippen molar-refractivity contribution in [1.29, 1.82) is 5.26 Å². The Balaban J connectivity index is 1.81. The van der Waals surface area contributed by atoms with Crippen LogP contribution >= 0.6 is 24.0 Å². The molecule has 0 spiro atoms. The molecule has 2 saturated heterocycles. The van der Waals surface area contributed by atoms with Gasteiger partial charge in [-0.2, -0.15) is 5.26 Å². The molecule has 0 radical (unpaired) electrons. The summed E-state index contributed by atoms with van der Waals surface area (Å²) in [6.45, 7) is 11.0. The van der Waals surface area contributed by atoms with Gasteiger partial charge in [0.05, 0.1) is 17.7 Å². The first-order valence-electron chi connectivity index (χ1n) is 11.8. The summed E-state index contributed by atoms with van der Waals surface area (Å²) in [4.78, 5) is 33.2. The van der Waals surface area contributed by atoms with Gasteiger partial charge in [-0.1, -0.05) is 37.8 Å². The van der Waals surface area contributed by atoms with Gasteiger partial charge in [-0.05, 0) is 43.7 Å². The number of thiocarbonyl (C=S) groups is 1. The quantitative estimate of drug-likeness (QED) is 0.412. The second kappa shape index (κ2) is 10.8. The lowest BCUT2D eigenvalue weighted by Gasteiger charge is -2.37. The van der Waals surface area contributed by atoms with Gasteiger partial charge in [0.1, 0.15) is 27.5 Å². The lowest BCUT2D eigenvalue weighted by Crippen LogP contribution is -2.48.